The highest BCUT2D eigenvalue weighted by atomic mass is 16.1. The Morgan fingerprint density at radius 1 is 0.952 bits per heavy atom. The van der Waals surface area contributed by atoms with Gasteiger partial charge in [-0.15, -0.1) is 0 Å². The monoisotopic (exact) mass is 279 g/mol. The van der Waals surface area contributed by atoms with Crippen molar-refractivity contribution in [3.05, 3.63) is 59.4 Å². The van der Waals surface area contributed by atoms with Crippen molar-refractivity contribution in [1.29, 1.82) is 0 Å². The van der Waals surface area contributed by atoms with Crippen molar-refractivity contribution in [2.45, 2.75) is 12.0 Å². The molecule has 1 aliphatic carbocycles. The van der Waals surface area contributed by atoms with Crippen LogP contribution in [0.3, 0.4) is 0 Å². The minimum atomic E-state index is -1.11. The first-order chi connectivity index (χ1) is 10.2. The Hall–Kier alpha value is -3.16. The molecule has 0 saturated carbocycles. The minimum Gasteiger partial charge on any atom is -0.211 e. The van der Waals surface area contributed by atoms with E-state index in [-0.39, 0.29) is 12.1 Å². The quantitative estimate of drug-likeness (QED) is 0.624. The molecular weight excluding hydrogens is 270 g/mol. The van der Waals surface area contributed by atoms with Crippen LogP contribution >= 0.6 is 0 Å². The van der Waals surface area contributed by atoms with Crippen molar-refractivity contribution in [3.63, 3.8) is 0 Å². The molecule has 2 rings (SSSR count). The summed E-state index contributed by atoms with van der Waals surface area (Å²) in [6, 6.07) is 8.93. The molecule has 1 aromatic carbocycles. The van der Waals surface area contributed by atoms with Crippen LogP contribution in [0.1, 0.15) is 12.0 Å². The zero-order valence-electron chi connectivity index (χ0n) is 10.8. The van der Waals surface area contributed by atoms with E-state index < -0.39 is 5.54 Å². The second-order valence-electron chi connectivity index (χ2n) is 4.28. The van der Waals surface area contributed by atoms with Crippen molar-refractivity contribution in [1.82, 2.24) is 0 Å². The van der Waals surface area contributed by atoms with E-state index in [1.54, 1.807) is 30.3 Å². The third-order valence-corrected chi connectivity index (χ3v) is 3.03. The van der Waals surface area contributed by atoms with E-state index in [0.29, 0.717) is 11.3 Å². The van der Waals surface area contributed by atoms with Crippen molar-refractivity contribution in [3.8, 4) is 0 Å². The zero-order chi connectivity index (χ0) is 15.1. The van der Waals surface area contributed by atoms with E-state index in [0.717, 1.165) is 0 Å². The number of allylic oxidation sites excluding steroid dienone is 1. The maximum Gasteiger partial charge on any atom is 0.240 e. The van der Waals surface area contributed by atoms with E-state index in [2.05, 4.69) is 15.0 Å². The standard InChI is InChI=1S/C15H9N3O3/c19-9-16-13-6-14(17-10-20)8-15(7-13,18-11-21)12-4-2-1-3-5-12/h1-7H,8H2. The number of hydrogen-bond acceptors (Lipinski definition) is 6. The van der Waals surface area contributed by atoms with Gasteiger partial charge in [-0.25, -0.2) is 14.4 Å². The number of carbonyl (C=O) groups excluding carboxylic acids is 3. The molecule has 0 bridgehead atoms. The molecule has 102 valence electrons. The summed E-state index contributed by atoms with van der Waals surface area (Å²) in [5, 5.41) is 0. The van der Waals surface area contributed by atoms with Gasteiger partial charge in [0.25, 0.3) is 0 Å². The van der Waals surface area contributed by atoms with Gasteiger partial charge in [-0.3, -0.25) is 0 Å². The van der Waals surface area contributed by atoms with Crippen LogP contribution in [0.15, 0.2) is 68.9 Å². The molecule has 1 unspecified atom stereocenters. The van der Waals surface area contributed by atoms with Crippen LogP contribution in [0.4, 0.5) is 0 Å². The Balaban J connectivity index is 2.66. The Kier molecular flexibility index (Phi) is 4.30. The Morgan fingerprint density at radius 3 is 2.29 bits per heavy atom. The number of rotatable bonds is 4. The van der Waals surface area contributed by atoms with Crippen LogP contribution in [-0.2, 0) is 19.9 Å². The van der Waals surface area contributed by atoms with Gasteiger partial charge in [-0.05, 0) is 17.7 Å². The molecule has 0 aliphatic heterocycles. The van der Waals surface area contributed by atoms with Crippen molar-refractivity contribution >= 4 is 18.2 Å². The van der Waals surface area contributed by atoms with Crippen LogP contribution in [0, 0.1) is 0 Å². The van der Waals surface area contributed by atoms with Gasteiger partial charge < -0.3 is 0 Å². The first-order valence-corrected chi connectivity index (χ1v) is 5.98. The fraction of sp³-hybridized carbons (Fsp3) is 0.133. The van der Waals surface area contributed by atoms with Crippen molar-refractivity contribution in [2.75, 3.05) is 0 Å². The summed E-state index contributed by atoms with van der Waals surface area (Å²) >= 11 is 0. The maximum atomic E-state index is 10.8. The van der Waals surface area contributed by atoms with Gasteiger partial charge in [0.15, 0.2) is 0 Å². The maximum absolute atomic E-state index is 10.8. The molecule has 0 fully saturated rings. The molecule has 0 aromatic heterocycles. The van der Waals surface area contributed by atoms with Crippen molar-refractivity contribution in [2.24, 2.45) is 15.0 Å². The minimum absolute atomic E-state index is 0.166. The molecule has 0 saturated heterocycles. The predicted molar refractivity (Wildman–Crippen MR) is 73.3 cm³/mol. The van der Waals surface area contributed by atoms with Gasteiger partial charge in [-0.2, -0.15) is 15.0 Å². The summed E-state index contributed by atoms with van der Waals surface area (Å²) < 4.78 is 0. The lowest BCUT2D eigenvalue weighted by molar-refractivity contribution is 0.515. The Bertz CT molecular complexity index is 748. The summed E-state index contributed by atoms with van der Waals surface area (Å²) in [7, 11) is 0. The molecule has 0 radical (unpaired) electrons. The molecular formula is C15H9N3O3. The Labute approximate surface area is 120 Å². The van der Waals surface area contributed by atoms with Gasteiger partial charge in [0.05, 0.1) is 11.4 Å². The fourth-order valence-corrected chi connectivity index (χ4v) is 2.21. The fourth-order valence-electron chi connectivity index (χ4n) is 2.21. The van der Waals surface area contributed by atoms with E-state index in [4.69, 9.17) is 0 Å². The van der Waals surface area contributed by atoms with Crippen LogP contribution in [0.25, 0.3) is 0 Å². The molecule has 0 N–H and O–H groups in total. The van der Waals surface area contributed by atoms with E-state index in [1.165, 1.54) is 24.3 Å². The highest BCUT2D eigenvalue weighted by Gasteiger charge is 2.34. The summed E-state index contributed by atoms with van der Waals surface area (Å²) in [6.45, 7) is 0. The smallest absolute Gasteiger partial charge is 0.211 e. The Morgan fingerprint density at radius 2 is 1.67 bits per heavy atom. The topological polar surface area (TPSA) is 88.3 Å². The number of isocyanates is 3. The SMILES string of the molecule is O=C=NC1=CC(N=C=O)(c2ccccc2)CC(N=C=O)=C1. The van der Waals surface area contributed by atoms with Gasteiger partial charge in [0, 0.05) is 6.42 Å². The van der Waals surface area contributed by atoms with E-state index >= 15 is 0 Å². The molecule has 21 heavy (non-hydrogen) atoms. The summed E-state index contributed by atoms with van der Waals surface area (Å²) in [5.41, 5.74) is 0.111. The molecule has 1 atom stereocenters. The number of hydrogen-bond donors (Lipinski definition) is 0. The van der Waals surface area contributed by atoms with Gasteiger partial charge >= 0.3 is 0 Å². The number of aliphatic imine (C=N–C) groups is 3. The lowest BCUT2D eigenvalue weighted by Crippen LogP contribution is -2.24. The first-order valence-electron chi connectivity index (χ1n) is 5.98. The van der Waals surface area contributed by atoms with Crippen LogP contribution < -0.4 is 0 Å². The second-order valence-corrected chi connectivity index (χ2v) is 4.28. The lowest BCUT2D eigenvalue weighted by Gasteiger charge is -2.28. The summed E-state index contributed by atoms with van der Waals surface area (Å²) in [5.74, 6) is 0. The van der Waals surface area contributed by atoms with Gasteiger partial charge in [0.2, 0.25) is 18.2 Å². The predicted octanol–water partition coefficient (Wildman–Crippen LogP) is 2.06. The normalized spacial score (nSPS) is 20.0. The first kappa shape index (κ1) is 14.3. The number of benzene rings is 1. The molecule has 0 heterocycles. The molecule has 0 spiro atoms. The van der Waals surface area contributed by atoms with Crippen LogP contribution in [0.2, 0.25) is 0 Å². The zero-order valence-corrected chi connectivity index (χ0v) is 10.8. The summed E-state index contributed by atoms with van der Waals surface area (Å²) in [6.07, 6.45) is 7.52. The van der Waals surface area contributed by atoms with Crippen LogP contribution in [0.5, 0.6) is 0 Å². The van der Waals surface area contributed by atoms with Crippen molar-refractivity contribution < 1.29 is 14.4 Å². The van der Waals surface area contributed by atoms with E-state index in [1.807, 2.05) is 6.07 Å². The lowest BCUT2D eigenvalue weighted by atomic mass is 9.82. The highest BCUT2D eigenvalue weighted by molar-refractivity contribution is 5.50. The third-order valence-electron chi connectivity index (χ3n) is 3.03. The number of nitrogens with zero attached hydrogens (tertiary/aromatic N) is 3. The van der Waals surface area contributed by atoms with Gasteiger partial charge in [-0.1, -0.05) is 30.3 Å². The molecule has 1 aliphatic rings. The average molecular weight is 279 g/mol. The average Bonchev–Trinajstić information content (AvgIpc) is 2.49. The molecule has 1 aromatic rings. The largest absolute Gasteiger partial charge is 0.240 e. The second kappa shape index (κ2) is 6.33. The molecule has 0 amide bonds. The van der Waals surface area contributed by atoms with Gasteiger partial charge in [0.1, 0.15) is 5.54 Å². The molecule has 6 heteroatoms. The third kappa shape index (κ3) is 3.06. The highest BCUT2D eigenvalue weighted by Crippen LogP contribution is 2.39. The van der Waals surface area contributed by atoms with E-state index in [9.17, 15) is 14.4 Å². The molecule has 6 nitrogen and oxygen atoms in total. The summed E-state index contributed by atoms with van der Waals surface area (Å²) in [4.78, 5) is 42.7. The van der Waals surface area contributed by atoms with Crippen LogP contribution in [-0.4, -0.2) is 18.2 Å².